The number of piperidine rings is 1. The third-order valence-corrected chi connectivity index (χ3v) is 4.77. The lowest BCUT2D eigenvalue weighted by atomic mass is 9.88. The SMILES string of the molecule is CC(C)N1C[C@@H](C(=O)NCc2cccnc2)C[C@H]2OCC[C@H]21. The molecule has 0 aromatic carbocycles. The molecule has 0 spiro atoms. The average Bonchev–Trinajstić information content (AvgIpc) is 3.00. The number of rotatable bonds is 4. The molecule has 22 heavy (non-hydrogen) atoms. The summed E-state index contributed by atoms with van der Waals surface area (Å²) in [6.45, 7) is 6.60. The molecular formula is C17H25N3O2. The van der Waals surface area contributed by atoms with Crippen LogP contribution in [-0.4, -0.2) is 47.1 Å². The predicted octanol–water partition coefficient (Wildman–Crippen LogP) is 1.59. The maximum Gasteiger partial charge on any atom is 0.224 e. The summed E-state index contributed by atoms with van der Waals surface area (Å²) in [7, 11) is 0. The fourth-order valence-corrected chi connectivity index (χ4v) is 3.61. The largest absolute Gasteiger partial charge is 0.377 e. The fraction of sp³-hybridized carbons (Fsp3) is 0.647. The van der Waals surface area contributed by atoms with E-state index in [2.05, 4.69) is 29.0 Å². The van der Waals surface area contributed by atoms with Crippen LogP contribution in [0, 0.1) is 5.92 Å². The highest BCUT2D eigenvalue weighted by Crippen LogP contribution is 2.32. The summed E-state index contributed by atoms with van der Waals surface area (Å²) in [6, 6.07) is 4.80. The number of fused-ring (bicyclic) bond motifs is 1. The molecule has 120 valence electrons. The molecule has 1 N–H and O–H groups in total. The summed E-state index contributed by atoms with van der Waals surface area (Å²) in [4.78, 5) is 19.0. The fourth-order valence-electron chi connectivity index (χ4n) is 3.61. The minimum Gasteiger partial charge on any atom is -0.377 e. The van der Waals surface area contributed by atoms with Gasteiger partial charge in [-0.05, 0) is 38.3 Å². The van der Waals surface area contributed by atoms with E-state index in [0.717, 1.165) is 31.6 Å². The van der Waals surface area contributed by atoms with E-state index >= 15 is 0 Å². The van der Waals surface area contributed by atoms with Gasteiger partial charge in [0.05, 0.1) is 12.0 Å². The molecule has 1 amide bonds. The first kappa shape index (κ1) is 15.4. The molecule has 0 bridgehead atoms. The topological polar surface area (TPSA) is 54.5 Å². The van der Waals surface area contributed by atoms with Crippen LogP contribution in [0.25, 0.3) is 0 Å². The van der Waals surface area contributed by atoms with Crippen molar-refractivity contribution in [1.29, 1.82) is 0 Å². The van der Waals surface area contributed by atoms with Crippen molar-refractivity contribution in [2.75, 3.05) is 13.2 Å². The Morgan fingerprint density at radius 3 is 3.14 bits per heavy atom. The Morgan fingerprint density at radius 1 is 1.55 bits per heavy atom. The second-order valence-electron chi connectivity index (χ2n) is 6.57. The van der Waals surface area contributed by atoms with Gasteiger partial charge in [0.1, 0.15) is 0 Å². The minimum atomic E-state index is 0.0124. The van der Waals surface area contributed by atoms with Crippen LogP contribution in [0.5, 0.6) is 0 Å². The summed E-state index contributed by atoms with van der Waals surface area (Å²) in [5.74, 6) is 0.141. The molecule has 1 aromatic rings. The summed E-state index contributed by atoms with van der Waals surface area (Å²) in [6.07, 6.45) is 5.67. The van der Waals surface area contributed by atoms with Crippen LogP contribution in [0.15, 0.2) is 24.5 Å². The van der Waals surface area contributed by atoms with Gasteiger partial charge in [-0.3, -0.25) is 14.7 Å². The molecule has 2 aliphatic heterocycles. The number of pyridine rings is 1. The van der Waals surface area contributed by atoms with E-state index in [4.69, 9.17) is 4.74 Å². The Labute approximate surface area is 132 Å². The zero-order chi connectivity index (χ0) is 15.5. The number of nitrogens with zero attached hydrogens (tertiary/aromatic N) is 2. The Morgan fingerprint density at radius 2 is 2.41 bits per heavy atom. The molecule has 0 radical (unpaired) electrons. The zero-order valence-corrected chi connectivity index (χ0v) is 13.4. The molecule has 3 atom stereocenters. The number of hydrogen-bond donors (Lipinski definition) is 1. The van der Waals surface area contributed by atoms with E-state index < -0.39 is 0 Å². The minimum absolute atomic E-state index is 0.0124. The number of nitrogens with one attached hydrogen (secondary N) is 1. The van der Waals surface area contributed by atoms with Crippen molar-refractivity contribution in [3.8, 4) is 0 Å². The molecule has 0 saturated carbocycles. The third kappa shape index (κ3) is 3.31. The smallest absolute Gasteiger partial charge is 0.224 e. The normalized spacial score (nSPS) is 28.6. The van der Waals surface area contributed by atoms with E-state index in [1.807, 2.05) is 12.1 Å². The van der Waals surface area contributed by atoms with Crippen molar-refractivity contribution in [2.24, 2.45) is 5.92 Å². The number of carbonyl (C=O) groups excluding carboxylic acids is 1. The Hall–Kier alpha value is -1.46. The lowest BCUT2D eigenvalue weighted by molar-refractivity contribution is -0.130. The van der Waals surface area contributed by atoms with E-state index in [1.165, 1.54) is 0 Å². The van der Waals surface area contributed by atoms with Crippen molar-refractivity contribution in [3.05, 3.63) is 30.1 Å². The quantitative estimate of drug-likeness (QED) is 0.918. The average molecular weight is 303 g/mol. The Kier molecular flexibility index (Phi) is 4.74. The molecule has 0 unspecified atom stereocenters. The van der Waals surface area contributed by atoms with Crippen LogP contribution < -0.4 is 5.32 Å². The van der Waals surface area contributed by atoms with E-state index in [9.17, 15) is 4.79 Å². The number of likely N-dealkylation sites (tertiary alicyclic amines) is 1. The lowest BCUT2D eigenvalue weighted by Crippen LogP contribution is -2.55. The first-order chi connectivity index (χ1) is 10.6. The van der Waals surface area contributed by atoms with Crippen molar-refractivity contribution in [2.45, 2.75) is 51.4 Å². The van der Waals surface area contributed by atoms with Crippen LogP contribution >= 0.6 is 0 Å². The van der Waals surface area contributed by atoms with Crippen LogP contribution in [-0.2, 0) is 16.1 Å². The van der Waals surface area contributed by atoms with Gasteiger partial charge in [0, 0.05) is 44.2 Å². The Balaban J connectivity index is 1.60. The highest BCUT2D eigenvalue weighted by atomic mass is 16.5. The van der Waals surface area contributed by atoms with Crippen LogP contribution in [0.3, 0.4) is 0 Å². The second kappa shape index (κ2) is 6.75. The lowest BCUT2D eigenvalue weighted by Gasteiger charge is -2.42. The first-order valence-corrected chi connectivity index (χ1v) is 8.19. The number of amides is 1. The van der Waals surface area contributed by atoms with Crippen molar-refractivity contribution in [1.82, 2.24) is 15.2 Å². The Bertz CT molecular complexity index is 506. The maximum atomic E-state index is 12.5. The van der Waals surface area contributed by atoms with E-state index in [0.29, 0.717) is 18.6 Å². The third-order valence-electron chi connectivity index (χ3n) is 4.77. The molecular weight excluding hydrogens is 278 g/mol. The number of hydrogen-bond acceptors (Lipinski definition) is 4. The number of aromatic nitrogens is 1. The van der Waals surface area contributed by atoms with Crippen LogP contribution in [0.4, 0.5) is 0 Å². The zero-order valence-electron chi connectivity index (χ0n) is 13.4. The van der Waals surface area contributed by atoms with Gasteiger partial charge >= 0.3 is 0 Å². The molecule has 2 fully saturated rings. The van der Waals surface area contributed by atoms with Crippen LogP contribution in [0.1, 0.15) is 32.3 Å². The van der Waals surface area contributed by atoms with E-state index in [-0.39, 0.29) is 17.9 Å². The van der Waals surface area contributed by atoms with Crippen LogP contribution in [0.2, 0.25) is 0 Å². The van der Waals surface area contributed by atoms with Crippen molar-refractivity contribution in [3.63, 3.8) is 0 Å². The van der Waals surface area contributed by atoms with Crippen molar-refractivity contribution < 1.29 is 9.53 Å². The van der Waals surface area contributed by atoms with Gasteiger partial charge in [0.15, 0.2) is 0 Å². The van der Waals surface area contributed by atoms with E-state index in [1.54, 1.807) is 12.4 Å². The van der Waals surface area contributed by atoms with Crippen molar-refractivity contribution >= 4 is 5.91 Å². The van der Waals surface area contributed by atoms with Gasteiger partial charge < -0.3 is 10.1 Å². The number of carbonyl (C=O) groups is 1. The van der Waals surface area contributed by atoms with Gasteiger partial charge in [-0.1, -0.05) is 6.07 Å². The van der Waals surface area contributed by atoms with Gasteiger partial charge in [-0.25, -0.2) is 0 Å². The molecule has 0 aliphatic carbocycles. The summed E-state index contributed by atoms with van der Waals surface area (Å²) in [5.41, 5.74) is 1.03. The molecule has 1 aromatic heterocycles. The summed E-state index contributed by atoms with van der Waals surface area (Å²) < 4.78 is 5.85. The predicted molar refractivity (Wildman–Crippen MR) is 84.2 cm³/mol. The standard InChI is InChI=1S/C17H25N3O2/c1-12(2)20-11-14(8-16-15(20)5-7-22-16)17(21)19-10-13-4-3-6-18-9-13/h3-4,6,9,12,14-16H,5,7-8,10-11H2,1-2H3,(H,19,21)/t14-,15+,16+/m0/s1. The summed E-state index contributed by atoms with van der Waals surface area (Å²) in [5, 5.41) is 3.05. The van der Waals surface area contributed by atoms with Gasteiger partial charge in [0.2, 0.25) is 5.91 Å². The summed E-state index contributed by atoms with van der Waals surface area (Å²) >= 11 is 0. The molecule has 3 heterocycles. The maximum absolute atomic E-state index is 12.5. The monoisotopic (exact) mass is 303 g/mol. The van der Waals surface area contributed by atoms with Gasteiger partial charge in [-0.2, -0.15) is 0 Å². The first-order valence-electron chi connectivity index (χ1n) is 8.19. The highest BCUT2D eigenvalue weighted by molar-refractivity contribution is 5.79. The molecule has 2 aliphatic rings. The molecule has 5 heteroatoms. The molecule has 5 nitrogen and oxygen atoms in total. The number of ether oxygens (including phenoxy) is 1. The molecule has 2 saturated heterocycles. The van der Waals surface area contributed by atoms with Gasteiger partial charge in [0.25, 0.3) is 0 Å². The highest BCUT2D eigenvalue weighted by Gasteiger charge is 2.42. The molecule has 3 rings (SSSR count). The second-order valence-corrected chi connectivity index (χ2v) is 6.57. The van der Waals surface area contributed by atoms with Gasteiger partial charge in [-0.15, -0.1) is 0 Å².